The zero-order chi connectivity index (χ0) is 25.7. The van der Waals surface area contributed by atoms with E-state index in [0.29, 0.717) is 0 Å². The first-order chi connectivity index (χ1) is 18.7. The molecule has 0 atom stereocenters. The number of ether oxygens (including phenoxy) is 3. The van der Waals surface area contributed by atoms with Crippen LogP contribution < -0.4 is 14.2 Å². The summed E-state index contributed by atoms with van der Waals surface area (Å²) < 4.78 is 18.2. The van der Waals surface area contributed by atoms with Gasteiger partial charge in [-0.3, -0.25) is 0 Å². The molecule has 0 radical (unpaired) electrons. The van der Waals surface area contributed by atoms with Crippen LogP contribution >= 0.6 is 0 Å². The van der Waals surface area contributed by atoms with Gasteiger partial charge >= 0.3 is 0 Å². The van der Waals surface area contributed by atoms with Crippen molar-refractivity contribution in [2.24, 2.45) is 0 Å². The van der Waals surface area contributed by atoms with Crippen molar-refractivity contribution in [3.8, 4) is 17.2 Å². The van der Waals surface area contributed by atoms with E-state index in [-0.39, 0.29) is 0 Å². The summed E-state index contributed by atoms with van der Waals surface area (Å²) in [6.45, 7) is 0. The Morgan fingerprint density at radius 1 is 0.658 bits per heavy atom. The number of methoxy groups -OCH3 is 2. The van der Waals surface area contributed by atoms with Gasteiger partial charge < -0.3 is 14.2 Å². The summed E-state index contributed by atoms with van der Waals surface area (Å²) in [5, 5.41) is 5.12. The minimum Gasteiger partial charge on any atom is -0.497 e. The second kappa shape index (κ2) is 8.95. The van der Waals surface area contributed by atoms with Crippen molar-refractivity contribution in [3.63, 3.8) is 0 Å². The highest BCUT2D eigenvalue weighted by Gasteiger charge is 2.39. The van der Waals surface area contributed by atoms with Gasteiger partial charge in [-0.1, -0.05) is 60.7 Å². The maximum Gasteiger partial charge on any atom is 0.178 e. The Labute approximate surface area is 223 Å². The molecule has 0 aromatic heterocycles. The van der Waals surface area contributed by atoms with E-state index < -0.39 is 5.60 Å². The topological polar surface area (TPSA) is 27.7 Å². The molecule has 0 fully saturated rings. The fraction of sp³-hybridized carbons (Fsp3) is 0.200. The SMILES string of the molecule is COc1ccc(C2(c3ccc(OC)cc3)C=Cc3c4c(c5c(ccc6ccccc65)c3O2)CCCC4)cc1. The molecule has 1 aliphatic heterocycles. The lowest BCUT2D eigenvalue weighted by Gasteiger charge is -2.38. The first kappa shape index (κ1) is 22.9. The number of fused-ring (bicyclic) bond motifs is 8. The monoisotopic (exact) mass is 498 g/mol. The van der Waals surface area contributed by atoms with E-state index in [1.807, 2.05) is 24.3 Å². The van der Waals surface area contributed by atoms with Crippen molar-refractivity contribution in [1.82, 2.24) is 0 Å². The van der Waals surface area contributed by atoms with Crippen LogP contribution in [0, 0.1) is 0 Å². The predicted octanol–water partition coefficient (Wildman–Crippen LogP) is 8.24. The lowest BCUT2D eigenvalue weighted by molar-refractivity contribution is 0.163. The van der Waals surface area contributed by atoms with Crippen LogP contribution in [0.2, 0.25) is 0 Å². The van der Waals surface area contributed by atoms with Gasteiger partial charge in [0.25, 0.3) is 0 Å². The van der Waals surface area contributed by atoms with E-state index >= 15 is 0 Å². The molecule has 0 amide bonds. The third-order valence-electron chi connectivity index (χ3n) is 8.30. The van der Waals surface area contributed by atoms with Gasteiger partial charge in [-0.05, 0) is 89.4 Å². The van der Waals surface area contributed by atoms with E-state index in [1.165, 1.54) is 51.1 Å². The van der Waals surface area contributed by atoms with Crippen LogP contribution in [0.3, 0.4) is 0 Å². The third-order valence-corrected chi connectivity index (χ3v) is 8.30. The van der Waals surface area contributed by atoms with Crippen LogP contribution in [0.1, 0.15) is 40.7 Å². The quantitative estimate of drug-likeness (QED) is 0.234. The summed E-state index contributed by atoms with van der Waals surface area (Å²) in [7, 11) is 3.39. The van der Waals surface area contributed by atoms with E-state index in [0.717, 1.165) is 41.2 Å². The Bertz CT molecular complexity index is 1650. The molecule has 3 nitrogen and oxygen atoms in total. The molecule has 1 aliphatic carbocycles. The van der Waals surface area contributed by atoms with Crippen LogP contribution in [-0.2, 0) is 18.4 Å². The van der Waals surface area contributed by atoms with Crippen LogP contribution in [0.25, 0.3) is 27.6 Å². The smallest absolute Gasteiger partial charge is 0.178 e. The van der Waals surface area contributed by atoms with E-state index in [9.17, 15) is 0 Å². The van der Waals surface area contributed by atoms with Crippen molar-refractivity contribution >= 4 is 27.6 Å². The largest absolute Gasteiger partial charge is 0.497 e. The zero-order valence-corrected chi connectivity index (χ0v) is 21.8. The maximum atomic E-state index is 7.30. The van der Waals surface area contributed by atoms with Gasteiger partial charge in [0.2, 0.25) is 0 Å². The van der Waals surface area contributed by atoms with Gasteiger partial charge in [-0.25, -0.2) is 0 Å². The highest BCUT2D eigenvalue weighted by atomic mass is 16.5. The Hall–Kier alpha value is -4.24. The van der Waals surface area contributed by atoms with E-state index in [1.54, 1.807) is 14.2 Å². The average Bonchev–Trinajstić information content (AvgIpc) is 3.00. The number of aryl methyl sites for hydroxylation is 1. The van der Waals surface area contributed by atoms with Gasteiger partial charge in [0.05, 0.1) is 14.2 Å². The fourth-order valence-electron chi connectivity index (χ4n) is 6.38. The minimum atomic E-state index is -0.785. The fourth-order valence-corrected chi connectivity index (χ4v) is 6.38. The summed E-state index contributed by atoms with van der Waals surface area (Å²) in [5.41, 5.74) is 5.50. The summed E-state index contributed by atoms with van der Waals surface area (Å²) >= 11 is 0. The first-order valence-corrected chi connectivity index (χ1v) is 13.4. The Morgan fingerprint density at radius 3 is 1.95 bits per heavy atom. The van der Waals surface area contributed by atoms with Gasteiger partial charge in [-0.2, -0.15) is 0 Å². The molecule has 0 spiro atoms. The van der Waals surface area contributed by atoms with Crippen LogP contribution in [-0.4, -0.2) is 14.2 Å². The molecular weight excluding hydrogens is 468 g/mol. The molecule has 0 unspecified atom stereocenters. The van der Waals surface area contributed by atoms with Gasteiger partial charge in [0.15, 0.2) is 5.60 Å². The van der Waals surface area contributed by atoms with Crippen molar-refractivity contribution in [2.75, 3.05) is 14.2 Å². The molecule has 3 heteroatoms. The Kier molecular flexibility index (Phi) is 5.40. The number of hydrogen-bond donors (Lipinski definition) is 0. The molecule has 1 heterocycles. The Morgan fingerprint density at radius 2 is 1.29 bits per heavy atom. The number of hydrogen-bond acceptors (Lipinski definition) is 3. The number of benzene rings is 5. The molecule has 188 valence electrons. The van der Waals surface area contributed by atoms with Crippen LogP contribution in [0.5, 0.6) is 17.2 Å². The molecule has 0 bridgehead atoms. The van der Waals surface area contributed by atoms with Gasteiger partial charge in [-0.15, -0.1) is 0 Å². The summed E-state index contributed by atoms with van der Waals surface area (Å²) in [6.07, 6.45) is 9.19. The summed E-state index contributed by atoms with van der Waals surface area (Å²) in [4.78, 5) is 0. The predicted molar refractivity (Wildman–Crippen MR) is 155 cm³/mol. The number of rotatable bonds is 4. The summed E-state index contributed by atoms with van der Waals surface area (Å²) in [5.74, 6) is 2.62. The maximum absolute atomic E-state index is 7.30. The van der Waals surface area contributed by atoms with Crippen LogP contribution in [0.15, 0.2) is 91.0 Å². The molecule has 5 aromatic carbocycles. The lowest BCUT2D eigenvalue weighted by Crippen LogP contribution is -2.34. The molecule has 38 heavy (non-hydrogen) atoms. The highest BCUT2D eigenvalue weighted by Crippen LogP contribution is 2.50. The van der Waals surface area contributed by atoms with E-state index in [2.05, 4.69) is 72.8 Å². The Balaban J connectivity index is 1.52. The van der Waals surface area contributed by atoms with Crippen LogP contribution in [0.4, 0.5) is 0 Å². The van der Waals surface area contributed by atoms with Gasteiger partial charge in [0, 0.05) is 22.1 Å². The lowest BCUT2D eigenvalue weighted by atomic mass is 9.78. The molecule has 5 aromatic rings. The second-order valence-electron chi connectivity index (χ2n) is 10.2. The first-order valence-electron chi connectivity index (χ1n) is 13.4. The summed E-state index contributed by atoms with van der Waals surface area (Å²) in [6, 6.07) is 29.7. The zero-order valence-electron chi connectivity index (χ0n) is 21.8. The molecule has 2 aliphatic rings. The average molecular weight is 499 g/mol. The highest BCUT2D eigenvalue weighted by molar-refractivity contribution is 6.13. The third kappa shape index (κ3) is 3.42. The van der Waals surface area contributed by atoms with Gasteiger partial charge in [0.1, 0.15) is 17.2 Å². The van der Waals surface area contributed by atoms with Crippen molar-refractivity contribution in [2.45, 2.75) is 31.3 Å². The molecule has 0 saturated carbocycles. The minimum absolute atomic E-state index is 0.785. The van der Waals surface area contributed by atoms with Crippen molar-refractivity contribution in [3.05, 3.63) is 119 Å². The second-order valence-corrected chi connectivity index (χ2v) is 10.2. The van der Waals surface area contributed by atoms with Crippen molar-refractivity contribution in [1.29, 1.82) is 0 Å². The molecule has 7 rings (SSSR count). The molecule has 0 N–H and O–H groups in total. The van der Waals surface area contributed by atoms with Crippen molar-refractivity contribution < 1.29 is 14.2 Å². The normalized spacial score (nSPS) is 15.5. The molecule has 0 saturated heterocycles. The molecular formula is C35H30O3. The van der Waals surface area contributed by atoms with E-state index in [4.69, 9.17) is 14.2 Å². The standard InChI is InChI=1S/C35H30O3/c1-36-26-16-12-24(13-17-26)35(25-14-18-27(37-2)19-15-25)22-21-31-29-9-5-6-10-30(29)33-28-8-4-3-7-23(28)11-20-32(33)34(31)38-35/h3-4,7-8,11-22H,5-6,9-10H2,1-2H3.